The van der Waals surface area contributed by atoms with E-state index in [0.29, 0.717) is 0 Å². The number of aliphatic hydroxyl groups is 1. The van der Waals surface area contributed by atoms with Gasteiger partial charge < -0.3 is 5.11 Å². The average Bonchev–Trinajstić information content (AvgIpc) is 2.39. The van der Waals surface area contributed by atoms with Gasteiger partial charge in [0.2, 0.25) is 0 Å². The minimum Gasteiger partial charge on any atom is -0.388 e. The van der Waals surface area contributed by atoms with Gasteiger partial charge in [-0.25, -0.2) is 0 Å². The van der Waals surface area contributed by atoms with Crippen LogP contribution in [0.15, 0.2) is 43.0 Å². The first-order valence-corrected chi connectivity index (χ1v) is 5.90. The van der Waals surface area contributed by atoms with Crippen LogP contribution in [0.5, 0.6) is 0 Å². The van der Waals surface area contributed by atoms with Crippen molar-refractivity contribution in [2.45, 2.75) is 32.8 Å². The van der Waals surface area contributed by atoms with Crippen LogP contribution in [0.3, 0.4) is 0 Å². The molecular formula is C16H20O. The molecule has 1 aromatic rings. The van der Waals surface area contributed by atoms with Gasteiger partial charge in [0.25, 0.3) is 0 Å². The van der Waals surface area contributed by atoms with Crippen LogP contribution in [0.1, 0.15) is 38.4 Å². The van der Waals surface area contributed by atoms with E-state index in [0.717, 1.165) is 18.4 Å². The number of hydrogen-bond donors (Lipinski definition) is 1. The molecule has 2 atom stereocenters. The molecule has 0 aromatic heterocycles. The van der Waals surface area contributed by atoms with E-state index in [1.54, 1.807) is 0 Å². The first-order valence-electron chi connectivity index (χ1n) is 5.90. The van der Waals surface area contributed by atoms with E-state index in [1.807, 2.05) is 50.3 Å². The number of aliphatic hydroxyl groups excluding tert-OH is 1. The Labute approximate surface area is 104 Å². The summed E-state index contributed by atoms with van der Waals surface area (Å²) in [5, 5.41) is 10.4. The third kappa shape index (κ3) is 3.47. The summed E-state index contributed by atoms with van der Waals surface area (Å²) in [4.78, 5) is 0. The molecule has 1 nitrogen and oxygen atoms in total. The van der Waals surface area contributed by atoms with E-state index in [-0.39, 0.29) is 5.41 Å². The maximum absolute atomic E-state index is 10.4. The maximum atomic E-state index is 10.4. The Morgan fingerprint density at radius 1 is 1.41 bits per heavy atom. The second-order valence-corrected chi connectivity index (χ2v) is 4.45. The smallest absolute Gasteiger partial charge is 0.0878 e. The molecule has 1 aromatic carbocycles. The monoisotopic (exact) mass is 228 g/mol. The molecular weight excluding hydrogens is 208 g/mol. The Kier molecular flexibility index (Phi) is 5.00. The Morgan fingerprint density at radius 3 is 2.59 bits per heavy atom. The summed E-state index contributed by atoms with van der Waals surface area (Å²) < 4.78 is 0. The quantitative estimate of drug-likeness (QED) is 0.601. The van der Waals surface area contributed by atoms with Gasteiger partial charge in [-0.05, 0) is 18.9 Å². The number of benzene rings is 1. The van der Waals surface area contributed by atoms with Crippen LogP contribution in [-0.4, -0.2) is 5.11 Å². The molecule has 17 heavy (non-hydrogen) atoms. The molecule has 0 bridgehead atoms. The fourth-order valence-electron chi connectivity index (χ4n) is 1.82. The first-order chi connectivity index (χ1) is 8.14. The zero-order valence-electron chi connectivity index (χ0n) is 10.6. The van der Waals surface area contributed by atoms with Crippen molar-refractivity contribution in [3.05, 3.63) is 48.6 Å². The second kappa shape index (κ2) is 6.27. The predicted molar refractivity (Wildman–Crippen MR) is 72.4 cm³/mol. The van der Waals surface area contributed by atoms with Gasteiger partial charge >= 0.3 is 0 Å². The fraction of sp³-hybridized carbons (Fsp3) is 0.375. The van der Waals surface area contributed by atoms with Gasteiger partial charge in [-0.3, -0.25) is 0 Å². The van der Waals surface area contributed by atoms with Crippen molar-refractivity contribution in [3.63, 3.8) is 0 Å². The van der Waals surface area contributed by atoms with Crippen LogP contribution in [0.25, 0.3) is 0 Å². The number of hydrogen-bond acceptors (Lipinski definition) is 1. The molecule has 0 aliphatic rings. The van der Waals surface area contributed by atoms with E-state index in [2.05, 4.69) is 18.4 Å². The van der Waals surface area contributed by atoms with Gasteiger partial charge in [0.05, 0.1) is 6.10 Å². The molecule has 0 saturated heterocycles. The largest absolute Gasteiger partial charge is 0.388 e. The molecule has 0 spiro atoms. The standard InChI is InChI=1S/C16H20O/c1-4-6-10-13-16(3,5-2)15(17)14-11-8-7-9-12-14/h5,7-9,11-12,15,17H,2,10,13H2,1,3H3. The lowest BCUT2D eigenvalue weighted by molar-refractivity contribution is 0.0650. The molecule has 0 radical (unpaired) electrons. The molecule has 2 unspecified atom stereocenters. The van der Waals surface area contributed by atoms with E-state index in [1.165, 1.54) is 0 Å². The fourth-order valence-corrected chi connectivity index (χ4v) is 1.82. The molecule has 0 heterocycles. The van der Waals surface area contributed by atoms with Crippen LogP contribution in [0, 0.1) is 17.3 Å². The van der Waals surface area contributed by atoms with Gasteiger partial charge in [-0.2, -0.15) is 0 Å². The summed E-state index contributed by atoms with van der Waals surface area (Å²) in [6.07, 6.45) is 2.90. The third-order valence-corrected chi connectivity index (χ3v) is 3.17. The highest BCUT2D eigenvalue weighted by Gasteiger charge is 2.30. The van der Waals surface area contributed by atoms with Crippen LogP contribution in [0.2, 0.25) is 0 Å². The summed E-state index contributed by atoms with van der Waals surface area (Å²) in [6.45, 7) is 7.70. The minimum absolute atomic E-state index is 0.328. The molecule has 1 rings (SSSR count). The van der Waals surface area contributed by atoms with Crippen molar-refractivity contribution in [2.24, 2.45) is 5.41 Å². The SMILES string of the molecule is C=CC(C)(CCC#CC)C(O)c1ccccc1. The lowest BCUT2D eigenvalue weighted by Gasteiger charge is -2.31. The van der Waals surface area contributed by atoms with Crippen molar-refractivity contribution in [3.8, 4) is 11.8 Å². The third-order valence-electron chi connectivity index (χ3n) is 3.17. The Morgan fingerprint density at radius 2 is 2.06 bits per heavy atom. The zero-order valence-corrected chi connectivity index (χ0v) is 10.6. The predicted octanol–water partition coefficient (Wildman–Crippen LogP) is 3.72. The summed E-state index contributed by atoms with van der Waals surface area (Å²) >= 11 is 0. The summed E-state index contributed by atoms with van der Waals surface area (Å²) in [7, 11) is 0. The molecule has 0 saturated carbocycles. The summed E-state index contributed by atoms with van der Waals surface area (Å²) in [5.74, 6) is 5.91. The van der Waals surface area contributed by atoms with E-state index in [9.17, 15) is 5.11 Å². The van der Waals surface area contributed by atoms with Gasteiger partial charge in [0.1, 0.15) is 0 Å². The van der Waals surface area contributed by atoms with Crippen molar-refractivity contribution >= 4 is 0 Å². The highest BCUT2D eigenvalue weighted by Crippen LogP contribution is 2.38. The molecule has 0 amide bonds. The Bertz CT molecular complexity index is 410. The molecule has 1 N–H and O–H groups in total. The van der Waals surface area contributed by atoms with Gasteiger partial charge in [-0.15, -0.1) is 18.4 Å². The molecule has 0 fully saturated rings. The van der Waals surface area contributed by atoms with Crippen molar-refractivity contribution in [2.75, 3.05) is 0 Å². The highest BCUT2D eigenvalue weighted by molar-refractivity contribution is 5.21. The van der Waals surface area contributed by atoms with Crippen LogP contribution < -0.4 is 0 Å². The molecule has 0 aliphatic carbocycles. The second-order valence-electron chi connectivity index (χ2n) is 4.45. The van der Waals surface area contributed by atoms with Gasteiger partial charge in [-0.1, -0.05) is 43.3 Å². The van der Waals surface area contributed by atoms with Crippen molar-refractivity contribution < 1.29 is 5.11 Å². The average molecular weight is 228 g/mol. The van der Waals surface area contributed by atoms with E-state index >= 15 is 0 Å². The van der Waals surface area contributed by atoms with Crippen LogP contribution >= 0.6 is 0 Å². The van der Waals surface area contributed by atoms with Crippen LogP contribution in [-0.2, 0) is 0 Å². The first kappa shape index (κ1) is 13.5. The molecule has 1 heteroatoms. The van der Waals surface area contributed by atoms with E-state index < -0.39 is 6.10 Å². The normalized spacial score (nSPS) is 15.2. The Balaban J connectivity index is 2.84. The lowest BCUT2D eigenvalue weighted by Crippen LogP contribution is -2.23. The lowest BCUT2D eigenvalue weighted by atomic mass is 9.77. The van der Waals surface area contributed by atoms with Gasteiger partial charge in [0, 0.05) is 11.8 Å². The van der Waals surface area contributed by atoms with Crippen molar-refractivity contribution in [1.82, 2.24) is 0 Å². The minimum atomic E-state index is -0.528. The van der Waals surface area contributed by atoms with Gasteiger partial charge in [0.15, 0.2) is 0 Å². The maximum Gasteiger partial charge on any atom is 0.0878 e. The topological polar surface area (TPSA) is 20.2 Å². The zero-order chi connectivity index (χ0) is 12.7. The highest BCUT2D eigenvalue weighted by atomic mass is 16.3. The molecule has 90 valence electrons. The summed E-state index contributed by atoms with van der Waals surface area (Å²) in [5.41, 5.74) is 0.602. The van der Waals surface area contributed by atoms with Crippen LogP contribution in [0.4, 0.5) is 0 Å². The van der Waals surface area contributed by atoms with Crippen molar-refractivity contribution in [1.29, 1.82) is 0 Å². The Hall–Kier alpha value is -1.52. The summed E-state index contributed by atoms with van der Waals surface area (Å²) in [6, 6.07) is 9.71. The molecule has 0 aliphatic heterocycles. The number of rotatable bonds is 5. The van der Waals surface area contributed by atoms with E-state index in [4.69, 9.17) is 0 Å².